The van der Waals surface area contributed by atoms with Gasteiger partial charge in [-0.05, 0) is 43.5 Å². The highest BCUT2D eigenvalue weighted by Gasteiger charge is 2.19. The third kappa shape index (κ3) is 9.33. The van der Waals surface area contributed by atoms with E-state index in [-0.39, 0.29) is 12.6 Å². The summed E-state index contributed by atoms with van der Waals surface area (Å²) in [6.07, 6.45) is 2.26. The second-order valence-electron chi connectivity index (χ2n) is 11.7. The fourth-order valence-electron chi connectivity index (χ4n) is 5.87. The van der Waals surface area contributed by atoms with Crippen molar-refractivity contribution in [2.75, 3.05) is 78.6 Å². The molecule has 2 aromatic carbocycles. The molecule has 5 rings (SSSR count). The molecule has 1 saturated heterocycles. The van der Waals surface area contributed by atoms with Crippen molar-refractivity contribution in [2.24, 2.45) is 0 Å². The van der Waals surface area contributed by atoms with Crippen LogP contribution in [0.3, 0.4) is 0 Å². The van der Waals surface area contributed by atoms with E-state index in [9.17, 15) is 9.59 Å². The predicted octanol–water partition coefficient (Wildman–Crippen LogP) is 3.62. The van der Waals surface area contributed by atoms with Gasteiger partial charge in [-0.1, -0.05) is 30.3 Å². The van der Waals surface area contributed by atoms with Crippen LogP contribution in [-0.2, 0) is 38.5 Å². The van der Waals surface area contributed by atoms with Crippen LogP contribution in [0.5, 0.6) is 5.75 Å². The summed E-state index contributed by atoms with van der Waals surface area (Å²) in [5.74, 6) is 1.46. The normalized spacial score (nSPS) is 13.5. The number of hydrogen-bond acceptors (Lipinski definition) is 10. The number of aryl methyl sites for hydroxylation is 1. The van der Waals surface area contributed by atoms with Crippen LogP contribution in [0.2, 0.25) is 0 Å². The van der Waals surface area contributed by atoms with E-state index >= 15 is 0 Å². The van der Waals surface area contributed by atoms with Crippen molar-refractivity contribution in [3.8, 4) is 5.75 Å². The average Bonchev–Trinajstić information content (AvgIpc) is 3.47. The van der Waals surface area contributed by atoms with Crippen molar-refractivity contribution < 1.29 is 28.5 Å². The third-order valence-corrected chi connectivity index (χ3v) is 8.31. The van der Waals surface area contributed by atoms with Crippen molar-refractivity contribution in [3.05, 3.63) is 59.9 Å². The van der Waals surface area contributed by atoms with E-state index in [0.29, 0.717) is 69.6 Å². The molecule has 1 fully saturated rings. The summed E-state index contributed by atoms with van der Waals surface area (Å²) >= 11 is 0. The Morgan fingerprint density at radius 1 is 1.06 bits per heavy atom. The minimum atomic E-state index is -0.420. The Hall–Kier alpha value is -4.46. The number of urea groups is 1. The molecule has 0 radical (unpaired) electrons. The first-order valence-electron chi connectivity index (χ1n) is 16.7. The highest BCUT2D eigenvalue weighted by Crippen LogP contribution is 2.29. The zero-order valence-corrected chi connectivity index (χ0v) is 28.0. The molecule has 4 aromatic rings. The maximum Gasteiger partial charge on any atom is 0.344 e. The van der Waals surface area contributed by atoms with E-state index in [1.807, 2.05) is 41.3 Å². The number of nitrogen functional groups attached to an aromatic ring is 1. The molecule has 13 nitrogen and oxygen atoms in total. The minimum absolute atomic E-state index is 0.125. The lowest BCUT2D eigenvalue weighted by Crippen LogP contribution is -2.46. The summed E-state index contributed by atoms with van der Waals surface area (Å²) in [6, 6.07) is 15.3. The fourth-order valence-corrected chi connectivity index (χ4v) is 5.87. The Kier molecular flexibility index (Phi) is 12.8. The smallest absolute Gasteiger partial charge is 0.344 e. The number of para-hydroxylation sites is 1. The van der Waals surface area contributed by atoms with E-state index in [0.717, 1.165) is 66.8 Å². The molecule has 0 bridgehead atoms. The van der Waals surface area contributed by atoms with Crippen LogP contribution < -0.4 is 15.8 Å². The van der Waals surface area contributed by atoms with Gasteiger partial charge in [0.1, 0.15) is 17.1 Å². The van der Waals surface area contributed by atoms with Crippen LogP contribution in [0, 0.1) is 0 Å². The fraction of sp³-hybridized carbons (Fsp3) is 0.486. The number of imidazole rings is 1. The summed E-state index contributed by atoms with van der Waals surface area (Å²) in [7, 11) is 1.68. The molecule has 0 atom stereocenters. The van der Waals surface area contributed by atoms with E-state index in [1.54, 1.807) is 20.1 Å². The van der Waals surface area contributed by atoms with Gasteiger partial charge in [0.05, 0.1) is 37.5 Å². The molecule has 1 aliphatic rings. The van der Waals surface area contributed by atoms with E-state index in [4.69, 9.17) is 29.7 Å². The number of benzene rings is 2. The molecule has 258 valence electrons. The van der Waals surface area contributed by atoms with Gasteiger partial charge in [-0.25, -0.2) is 19.6 Å². The number of carbonyl (C=O) groups excluding carboxylic acids is 2. The van der Waals surface area contributed by atoms with Crippen molar-refractivity contribution in [3.63, 3.8) is 0 Å². The Labute approximate surface area is 281 Å². The van der Waals surface area contributed by atoms with Gasteiger partial charge in [-0.3, -0.25) is 4.90 Å². The van der Waals surface area contributed by atoms with Crippen molar-refractivity contribution in [1.29, 1.82) is 0 Å². The van der Waals surface area contributed by atoms with Crippen LogP contribution in [0.15, 0.2) is 48.5 Å². The number of fused-ring (bicyclic) bond motifs is 3. The number of rotatable bonds is 17. The maximum absolute atomic E-state index is 13.5. The molecule has 3 heterocycles. The highest BCUT2D eigenvalue weighted by atomic mass is 16.6. The SMILES string of the molecule is CCOC(=O)COc1cccc(CN(CCN2CCOCC2)C(=O)NCCCCn2c(CCOC)nc3c(N)nc4ccccc4c32)c1. The Morgan fingerprint density at radius 2 is 1.90 bits per heavy atom. The van der Waals surface area contributed by atoms with Crippen LogP contribution >= 0.6 is 0 Å². The second-order valence-corrected chi connectivity index (χ2v) is 11.7. The van der Waals surface area contributed by atoms with Gasteiger partial charge < -0.3 is 39.5 Å². The number of unbranched alkanes of at least 4 members (excludes halogenated alkanes) is 1. The summed E-state index contributed by atoms with van der Waals surface area (Å²) < 4.78 is 23.7. The van der Waals surface area contributed by atoms with Gasteiger partial charge in [-0.15, -0.1) is 0 Å². The maximum atomic E-state index is 13.5. The number of nitrogens with one attached hydrogen (secondary N) is 1. The number of esters is 1. The number of anilines is 1. The second kappa shape index (κ2) is 17.6. The molecule has 2 aromatic heterocycles. The molecule has 0 saturated carbocycles. The first-order valence-corrected chi connectivity index (χ1v) is 16.7. The number of hydrogen-bond donors (Lipinski definition) is 2. The third-order valence-electron chi connectivity index (χ3n) is 8.31. The van der Waals surface area contributed by atoms with Gasteiger partial charge in [0.2, 0.25) is 0 Å². The monoisotopic (exact) mass is 661 g/mol. The van der Waals surface area contributed by atoms with Crippen LogP contribution in [0.4, 0.5) is 10.6 Å². The van der Waals surface area contributed by atoms with Gasteiger partial charge in [0.15, 0.2) is 12.4 Å². The van der Waals surface area contributed by atoms with Gasteiger partial charge in [0.25, 0.3) is 0 Å². The number of nitrogens with two attached hydrogens (primary N) is 1. The number of amides is 2. The number of ether oxygens (including phenoxy) is 4. The molecule has 13 heteroatoms. The van der Waals surface area contributed by atoms with Crippen molar-refractivity contribution in [1.82, 2.24) is 29.7 Å². The zero-order chi connectivity index (χ0) is 33.7. The Balaban J connectivity index is 1.21. The predicted molar refractivity (Wildman–Crippen MR) is 184 cm³/mol. The van der Waals surface area contributed by atoms with E-state index in [2.05, 4.69) is 25.8 Å². The number of methoxy groups -OCH3 is 1. The average molecular weight is 662 g/mol. The van der Waals surface area contributed by atoms with Crippen LogP contribution in [0.1, 0.15) is 31.2 Å². The quantitative estimate of drug-likeness (QED) is 0.127. The van der Waals surface area contributed by atoms with E-state index in [1.165, 1.54) is 0 Å². The largest absolute Gasteiger partial charge is 0.482 e. The number of carbonyl (C=O) groups is 2. The number of pyridine rings is 1. The number of morpholine rings is 1. The molecule has 2 amide bonds. The Bertz CT molecular complexity index is 1660. The molecule has 1 aliphatic heterocycles. The first-order chi connectivity index (χ1) is 23.5. The van der Waals surface area contributed by atoms with Crippen molar-refractivity contribution >= 4 is 39.8 Å². The van der Waals surface area contributed by atoms with Gasteiger partial charge in [-0.2, -0.15) is 0 Å². The van der Waals surface area contributed by atoms with Crippen LogP contribution in [-0.4, -0.2) is 109 Å². The summed E-state index contributed by atoms with van der Waals surface area (Å²) in [6.45, 7) is 8.49. The summed E-state index contributed by atoms with van der Waals surface area (Å²) in [4.78, 5) is 38.9. The van der Waals surface area contributed by atoms with Gasteiger partial charge >= 0.3 is 12.0 Å². The Morgan fingerprint density at radius 3 is 2.71 bits per heavy atom. The molecule has 0 spiro atoms. The molecule has 48 heavy (non-hydrogen) atoms. The standard InChI is InChI=1S/C35H47N7O6/c1-3-47-31(43)25-48-27-10-8-9-26(23-27)24-41(17-16-40-18-21-46-22-19-40)35(44)37-14-6-7-15-42-30(13-20-45-2)39-32-33(42)28-11-4-5-12-29(28)38-34(32)36/h4-5,8-12,23H,3,6-7,13-22,24-25H2,1-2H3,(H2,36,38)(H,37,44). The van der Waals surface area contributed by atoms with Crippen LogP contribution in [0.25, 0.3) is 21.9 Å². The first kappa shape index (κ1) is 34.9. The molecular formula is C35H47N7O6. The summed E-state index contributed by atoms with van der Waals surface area (Å²) in [5, 5.41) is 4.15. The molecule has 0 aliphatic carbocycles. The minimum Gasteiger partial charge on any atom is -0.482 e. The van der Waals surface area contributed by atoms with E-state index < -0.39 is 5.97 Å². The molecule has 3 N–H and O–H groups in total. The number of nitrogens with zero attached hydrogens (tertiary/aromatic N) is 5. The summed E-state index contributed by atoms with van der Waals surface area (Å²) in [5.41, 5.74) is 9.77. The zero-order valence-electron chi connectivity index (χ0n) is 28.0. The molecule has 0 unspecified atom stereocenters. The van der Waals surface area contributed by atoms with Crippen molar-refractivity contribution in [2.45, 2.75) is 39.3 Å². The lowest BCUT2D eigenvalue weighted by molar-refractivity contribution is -0.145. The lowest BCUT2D eigenvalue weighted by atomic mass is 10.2. The topological polar surface area (TPSA) is 146 Å². The lowest BCUT2D eigenvalue weighted by Gasteiger charge is -2.30. The number of aromatic nitrogens is 3. The highest BCUT2D eigenvalue weighted by molar-refractivity contribution is 6.06. The molecular weight excluding hydrogens is 614 g/mol. The van der Waals surface area contributed by atoms with Gasteiger partial charge in [0, 0.05) is 64.7 Å².